The normalized spacial score (nSPS) is 10.6. The molecule has 0 aliphatic heterocycles. The number of anilines is 1. The molecule has 0 aliphatic rings. The van der Waals surface area contributed by atoms with E-state index in [1.807, 2.05) is 0 Å². The van der Waals surface area contributed by atoms with Crippen molar-refractivity contribution in [1.82, 2.24) is 9.55 Å². The summed E-state index contributed by atoms with van der Waals surface area (Å²) in [5.41, 5.74) is 0.611. The Morgan fingerprint density at radius 1 is 1.12 bits per heavy atom. The highest BCUT2D eigenvalue weighted by Crippen LogP contribution is 2.32. The predicted octanol–water partition coefficient (Wildman–Crippen LogP) is 3.33. The Morgan fingerprint density at radius 2 is 1.83 bits per heavy atom. The minimum Gasteiger partial charge on any atom is -0.494 e. The molecule has 122 valence electrons. The van der Waals surface area contributed by atoms with Gasteiger partial charge in [-0.1, -0.05) is 17.7 Å². The van der Waals surface area contributed by atoms with Gasteiger partial charge < -0.3 is 15.5 Å². The van der Waals surface area contributed by atoms with Crippen LogP contribution in [0, 0.1) is 5.95 Å². The minimum atomic E-state index is -0.755. The van der Waals surface area contributed by atoms with Gasteiger partial charge in [-0.2, -0.15) is 4.39 Å². The smallest absolute Gasteiger partial charge is 0.274 e. The maximum Gasteiger partial charge on any atom is 0.274 e. The van der Waals surface area contributed by atoms with Crippen molar-refractivity contribution in [2.75, 3.05) is 5.32 Å². The van der Waals surface area contributed by atoms with E-state index in [-0.39, 0.29) is 22.5 Å². The van der Waals surface area contributed by atoms with E-state index in [1.165, 1.54) is 42.5 Å². The number of hydrogen-bond donors (Lipinski definition) is 3. The lowest BCUT2D eigenvalue weighted by molar-refractivity contribution is 0.102. The lowest BCUT2D eigenvalue weighted by Gasteiger charge is -2.11. The molecule has 0 unspecified atom stereocenters. The number of carbonyl (C=O) groups is 1. The van der Waals surface area contributed by atoms with Gasteiger partial charge in [0, 0.05) is 17.8 Å². The molecule has 3 rings (SSSR count). The summed E-state index contributed by atoms with van der Waals surface area (Å²) in [6, 6.07) is 11.0. The van der Waals surface area contributed by atoms with Gasteiger partial charge in [-0.25, -0.2) is 4.98 Å². The van der Waals surface area contributed by atoms with Crippen LogP contribution in [0.2, 0.25) is 5.02 Å². The zero-order chi connectivity index (χ0) is 17.3. The Hall–Kier alpha value is -3.06. The van der Waals surface area contributed by atoms with E-state index >= 15 is 0 Å². The van der Waals surface area contributed by atoms with Crippen LogP contribution in [0.4, 0.5) is 10.1 Å². The number of rotatable bonds is 3. The van der Waals surface area contributed by atoms with Crippen molar-refractivity contribution in [2.45, 2.75) is 0 Å². The van der Waals surface area contributed by atoms with E-state index in [0.717, 1.165) is 10.6 Å². The Morgan fingerprint density at radius 3 is 2.46 bits per heavy atom. The average Bonchev–Trinajstić information content (AvgIpc) is 2.87. The molecule has 0 saturated heterocycles. The number of hydrogen-bond acceptors (Lipinski definition) is 4. The Labute approximate surface area is 140 Å². The quantitative estimate of drug-likeness (QED) is 0.634. The van der Waals surface area contributed by atoms with Gasteiger partial charge in [-0.05, 0) is 30.3 Å². The first-order valence-corrected chi connectivity index (χ1v) is 7.17. The van der Waals surface area contributed by atoms with Crippen molar-refractivity contribution in [3.63, 3.8) is 0 Å². The lowest BCUT2D eigenvalue weighted by Crippen LogP contribution is -2.14. The van der Waals surface area contributed by atoms with E-state index in [1.54, 1.807) is 0 Å². The van der Waals surface area contributed by atoms with Crippen molar-refractivity contribution in [1.29, 1.82) is 0 Å². The Kier molecular flexibility index (Phi) is 4.09. The summed E-state index contributed by atoms with van der Waals surface area (Å²) in [7, 11) is 0. The lowest BCUT2D eigenvalue weighted by atomic mass is 10.2. The first-order valence-electron chi connectivity index (χ1n) is 6.79. The van der Waals surface area contributed by atoms with Crippen LogP contribution in [0.5, 0.6) is 11.8 Å². The van der Waals surface area contributed by atoms with Crippen molar-refractivity contribution >= 4 is 23.2 Å². The van der Waals surface area contributed by atoms with Crippen molar-refractivity contribution in [2.24, 2.45) is 0 Å². The second-order valence-electron chi connectivity index (χ2n) is 4.85. The molecule has 24 heavy (non-hydrogen) atoms. The highest BCUT2D eigenvalue weighted by Gasteiger charge is 2.14. The largest absolute Gasteiger partial charge is 0.494 e. The molecule has 0 bridgehead atoms. The van der Waals surface area contributed by atoms with Crippen LogP contribution in [0.25, 0.3) is 5.69 Å². The summed E-state index contributed by atoms with van der Waals surface area (Å²) >= 11 is 6.15. The molecule has 3 aromatic rings. The zero-order valence-corrected chi connectivity index (χ0v) is 12.8. The molecule has 0 fully saturated rings. The van der Waals surface area contributed by atoms with E-state index in [4.69, 9.17) is 11.6 Å². The third-order valence-electron chi connectivity index (χ3n) is 3.23. The van der Waals surface area contributed by atoms with Crippen LogP contribution in [0.3, 0.4) is 0 Å². The van der Waals surface area contributed by atoms with Crippen LogP contribution in [0.15, 0.2) is 48.5 Å². The maximum absolute atomic E-state index is 13.1. The van der Waals surface area contributed by atoms with Crippen LogP contribution >= 0.6 is 11.6 Å². The summed E-state index contributed by atoms with van der Waals surface area (Å²) in [5, 5.41) is 22.2. The van der Waals surface area contributed by atoms with Crippen molar-refractivity contribution in [3.05, 3.63) is 65.2 Å². The summed E-state index contributed by atoms with van der Waals surface area (Å²) in [6.45, 7) is 0. The molecule has 0 saturated carbocycles. The number of halogens is 2. The number of aromatic nitrogens is 2. The van der Waals surface area contributed by atoms with Crippen molar-refractivity contribution < 1.29 is 19.4 Å². The fraction of sp³-hybridized carbons (Fsp3) is 0. The van der Waals surface area contributed by atoms with Gasteiger partial charge in [0.25, 0.3) is 5.91 Å². The Balaban J connectivity index is 1.86. The Bertz CT molecular complexity index is 907. The third kappa shape index (κ3) is 3.02. The predicted molar refractivity (Wildman–Crippen MR) is 86.3 cm³/mol. The number of amides is 1. The summed E-state index contributed by atoms with van der Waals surface area (Å²) in [4.78, 5) is 15.5. The molecule has 1 amide bonds. The molecule has 1 aromatic carbocycles. The average molecular weight is 348 g/mol. The highest BCUT2D eigenvalue weighted by molar-refractivity contribution is 6.32. The summed E-state index contributed by atoms with van der Waals surface area (Å²) < 4.78 is 14.2. The third-order valence-corrected chi connectivity index (χ3v) is 3.54. The van der Waals surface area contributed by atoms with Gasteiger partial charge in [-0.3, -0.25) is 9.36 Å². The van der Waals surface area contributed by atoms with E-state index in [0.29, 0.717) is 11.4 Å². The molecule has 2 aromatic heterocycles. The monoisotopic (exact) mass is 347 g/mol. The number of nitrogens with one attached hydrogen (secondary N) is 1. The highest BCUT2D eigenvalue weighted by atomic mass is 35.5. The molecule has 6 nitrogen and oxygen atoms in total. The molecule has 8 heteroatoms. The number of nitrogens with zero attached hydrogens (tertiary/aromatic N) is 2. The fourth-order valence-corrected chi connectivity index (χ4v) is 2.42. The van der Waals surface area contributed by atoms with Crippen LogP contribution in [-0.4, -0.2) is 25.7 Å². The molecular formula is C16H11ClFN3O3. The second kappa shape index (κ2) is 6.21. The van der Waals surface area contributed by atoms with Crippen LogP contribution in [0.1, 0.15) is 10.5 Å². The number of aromatic hydroxyl groups is 2. The molecule has 0 atom stereocenters. The van der Waals surface area contributed by atoms with Crippen molar-refractivity contribution in [3.8, 4) is 17.4 Å². The SMILES string of the molecule is O=C(Nc1ccc(-n2c(O)ccc2O)c(Cl)c1)c1cccc(F)n1. The van der Waals surface area contributed by atoms with E-state index < -0.39 is 11.9 Å². The van der Waals surface area contributed by atoms with Gasteiger partial charge in [0.1, 0.15) is 5.69 Å². The van der Waals surface area contributed by atoms with Gasteiger partial charge in [0.15, 0.2) is 11.8 Å². The maximum atomic E-state index is 13.1. The molecule has 2 heterocycles. The first-order chi connectivity index (χ1) is 11.5. The van der Waals surface area contributed by atoms with Gasteiger partial charge in [0.05, 0.1) is 10.7 Å². The molecule has 0 aliphatic carbocycles. The van der Waals surface area contributed by atoms with Gasteiger partial charge >= 0.3 is 0 Å². The number of benzene rings is 1. The molecule has 3 N–H and O–H groups in total. The standard InChI is InChI=1S/C16H11ClFN3O3/c17-10-8-9(19-16(24)11-2-1-3-13(18)20-11)4-5-12(10)21-14(22)6-7-15(21)23/h1-8,22-23H,(H,19,24). The number of pyridine rings is 1. The summed E-state index contributed by atoms with van der Waals surface area (Å²) in [6.07, 6.45) is 0. The minimum absolute atomic E-state index is 0.0732. The molecular weight excluding hydrogens is 337 g/mol. The zero-order valence-electron chi connectivity index (χ0n) is 12.1. The van der Waals surface area contributed by atoms with E-state index in [9.17, 15) is 19.4 Å². The van der Waals surface area contributed by atoms with Crippen LogP contribution in [-0.2, 0) is 0 Å². The second-order valence-corrected chi connectivity index (χ2v) is 5.26. The fourth-order valence-electron chi connectivity index (χ4n) is 2.16. The topological polar surface area (TPSA) is 87.4 Å². The van der Waals surface area contributed by atoms with E-state index in [2.05, 4.69) is 10.3 Å². The summed E-state index contributed by atoms with van der Waals surface area (Å²) in [5.74, 6) is -1.72. The van der Waals surface area contributed by atoms with Gasteiger partial charge in [0.2, 0.25) is 5.95 Å². The van der Waals surface area contributed by atoms with Gasteiger partial charge in [-0.15, -0.1) is 0 Å². The molecule has 0 radical (unpaired) electrons. The number of carbonyl (C=O) groups excluding carboxylic acids is 1. The molecule has 0 spiro atoms. The van der Waals surface area contributed by atoms with Crippen LogP contribution < -0.4 is 5.32 Å². The first kappa shape index (κ1) is 15.8.